The molecule has 26 heavy (non-hydrogen) atoms. The van der Waals surface area contributed by atoms with Crippen LogP contribution in [0.15, 0.2) is 36.4 Å². The van der Waals surface area contributed by atoms with Crippen molar-refractivity contribution in [3.05, 3.63) is 63.1 Å². The zero-order valence-electron chi connectivity index (χ0n) is 13.6. The number of ether oxygens (including phenoxy) is 3. The number of fused-ring (bicyclic) bond motifs is 1. The second-order valence-electron chi connectivity index (χ2n) is 5.51. The van der Waals surface area contributed by atoms with Crippen molar-refractivity contribution in [3.63, 3.8) is 0 Å². The number of esters is 1. The maximum Gasteiger partial charge on any atom is 0.325 e. The number of nitrogens with one attached hydrogen (secondary N) is 1. The lowest BCUT2D eigenvalue weighted by Gasteiger charge is -2.21. The third-order valence-corrected chi connectivity index (χ3v) is 4.11. The summed E-state index contributed by atoms with van der Waals surface area (Å²) in [4.78, 5) is 23.9. The van der Waals surface area contributed by atoms with Crippen molar-refractivity contribution in [1.82, 2.24) is 5.32 Å². The van der Waals surface area contributed by atoms with Crippen LogP contribution < -0.4 is 10.1 Å². The molecule has 1 aliphatic heterocycles. The SMILES string of the molecule is O=C(CNC(=O)c1ccc(Cl)cc1)OCc1cc(Cl)cc2c1OCOC2. The maximum absolute atomic E-state index is 12.0. The van der Waals surface area contributed by atoms with Crippen LogP contribution in [0.25, 0.3) is 0 Å². The van der Waals surface area contributed by atoms with Crippen molar-refractivity contribution < 1.29 is 23.8 Å². The second kappa shape index (κ2) is 8.40. The summed E-state index contributed by atoms with van der Waals surface area (Å²) < 4.78 is 15.9. The molecule has 0 bridgehead atoms. The number of carbonyl (C=O) groups is 2. The minimum Gasteiger partial charge on any atom is -0.467 e. The van der Waals surface area contributed by atoms with Crippen molar-refractivity contribution in [2.24, 2.45) is 0 Å². The summed E-state index contributed by atoms with van der Waals surface area (Å²) in [6, 6.07) is 9.75. The van der Waals surface area contributed by atoms with Crippen LogP contribution in [0.5, 0.6) is 5.75 Å². The van der Waals surface area contributed by atoms with E-state index >= 15 is 0 Å². The van der Waals surface area contributed by atoms with Gasteiger partial charge in [-0.3, -0.25) is 9.59 Å². The third-order valence-electron chi connectivity index (χ3n) is 3.64. The molecule has 0 radical (unpaired) electrons. The molecular weight excluding hydrogens is 381 g/mol. The van der Waals surface area contributed by atoms with Crippen LogP contribution in [0.3, 0.4) is 0 Å². The lowest BCUT2D eigenvalue weighted by Crippen LogP contribution is -2.30. The van der Waals surface area contributed by atoms with Gasteiger partial charge >= 0.3 is 5.97 Å². The standard InChI is InChI=1S/C18H15Cl2NO5/c19-14-3-1-11(2-4-14)18(23)21-7-16(22)25-9-13-6-15(20)5-12-8-24-10-26-17(12)13/h1-6H,7-10H2,(H,21,23). The first kappa shape index (κ1) is 18.5. The van der Waals surface area contributed by atoms with Crippen molar-refractivity contribution in [3.8, 4) is 5.75 Å². The molecule has 1 aliphatic rings. The number of hydrogen-bond donors (Lipinski definition) is 1. The van der Waals surface area contributed by atoms with E-state index in [9.17, 15) is 9.59 Å². The first-order chi connectivity index (χ1) is 12.5. The molecule has 0 aromatic heterocycles. The summed E-state index contributed by atoms with van der Waals surface area (Å²) in [5, 5.41) is 3.52. The molecule has 6 nitrogen and oxygen atoms in total. The van der Waals surface area contributed by atoms with E-state index in [1.165, 1.54) is 0 Å². The molecule has 0 unspecified atom stereocenters. The molecule has 3 rings (SSSR count). The van der Waals surface area contributed by atoms with Crippen LogP contribution >= 0.6 is 23.2 Å². The van der Waals surface area contributed by atoms with Crippen LogP contribution in [0.2, 0.25) is 10.0 Å². The Kier molecular flexibility index (Phi) is 5.98. The molecule has 0 aliphatic carbocycles. The molecule has 1 heterocycles. The molecule has 0 saturated carbocycles. The van der Waals surface area contributed by atoms with E-state index in [0.717, 1.165) is 5.56 Å². The van der Waals surface area contributed by atoms with Gasteiger partial charge in [-0.15, -0.1) is 0 Å². The van der Waals surface area contributed by atoms with E-state index in [1.807, 2.05) is 0 Å². The van der Waals surface area contributed by atoms with Gasteiger partial charge in [-0.2, -0.15) is 0 Å². The Hall–Kier alpha value is -2.28. The number of halogens is 2. The zero-order chi connectivity index (χ0) is 18.5. The molecule has 1 amide bonds. The predicted molar refractivity (Wildman–Crippen MR) is 95.3 cm³/mol. The van der Waals surface area contributed by atoms with Gasteiger partial charge in [-0.25, -0.2) is 0 Å². The highest BCUT2D eigenvalue weighted by Gasteiger charge is 2.18. The van der Waals surface area contributed by atoms with Crippen molar-refractivity contribution >= 4 is 35.1 Å². The van der Waals surface area contributed by atoms with Gasteiger partial charge in [-0.05, 0) is 36.4 Å². The van der Waals surface area contributed by atoms with Crippen LogP contribution in [0.4, 0.5) is 0 Å². The highest BCUT2D eigenvalue weighted by atomic mass is 35.5. The van der Waals surface area contributed by atoms with Crippen molar-refractivity contribution in [2.75, 3.05) is 13.3 Å². The molecule has 2 aromatic carbocycles. The lowest BCUT2D eigenvalue weighted by atomic mass is 10.1. The Labute approximate surface area is 159 Å². The van der Waals surface area contributed by atoms with Crippen LogP contribution in [-0.4, -0.2) is 25.2 Å². The van der Waals surface area contributed by atoms with Crippen LogP contribution in [0, 0.1) is 0 Å². The van der Waals surface area contributed by atoms with Crippen molar-refractivity contribution in [2.45, 2.75) is 13.2 Å². The lowest BCUT2D eigenvalue weighted by molar-refractivity contribution is -0.143. The topological polar surface area (TPSA) is 73.9 Å². The molecule has 0 atom stereocenters. The summed E-state index contributed by atoms with van der Waals surface area (Å²) in [5.74, 6) is -0.356. The molecule has 1 N–H and O–H groups in total. The van der Waals surface area contributed by atoms with Gasteiger partial charge in [0.05, 0.1) is 6.61 Å². The third kappa shape index (κ3) is 4.66. The van der Waals surface area contributed by atoms with Gasteiger partial charge in [-0.1, -0.05) is 23.2 Å². The van der Waals surface area contributed by atoms with Crippen molar-refractivity contribution in [1.29, 1.82) is 0 Å². The van der Waals surface area contributed by atoms with Crippen LogP contribution in [-0.2, 0) is 27.5 Å². The zero-order valence-corrected chi connectivity index (χ0v) is 15.1. The number of hydrogen-bond acceptors (Lipinski definition) is 5. The fourth-order valence-electron chi connectivity index (χ4n) is 2.43. The normalized spacial score (nSPS) is 12.7. The van der Waals surface area contributed by atoms with E-state index in [4.69, 9.17) is 37.4 Å². The minimum atomic E-state index is -0.576. The van der Waals surface area contributed by atoms with Gasteiger partial charge < -0.3 is 19.5 Å². The van der Waals surface area contributed by atoms with E-state index in [-0.39, 0.29) is 25.9 Å². The highest BCUT2D eigenvalue weighted by molar-refractivity contribution is 6.31. The van der Waals surface area contributed by atoms with Gasteiger partial charge in [0.15, 0.2) is 6.79 Å². The molecule has 136 valence electrons. The molecule has 0 saturated heterocycles. The number of benzene rings is 2. The molecule has 0 spiro atoms. The number of amides is 1. The van der Waals surface area contributed by atoms with Gasteiger partial charge in [0.1, 0.15) is 18.9 Å². The maximum atomic E-state index is 12.0. The van der Waals surface area contributed by atoms with Gasteiger partial charge in [0.2, 0.25) is 0 Å². The Balaban J connectivity index is 1.54. The Morgan fingerprint density at radius 2 is 1.88 bits per heavy atom. The smallest absolute Gasteiger partial charge is 0.325 e. The fraction of sp³-hybridized carbons (Fsp3) is 0.222. The van der Waals surface area contributed by atoms with E-state index in [0.29, 0.717) is 33.5 Å². The predicted octanol–water partition coefficient (Wildman–Crippen LogP) is 3.33. The highest BCUT2D eigenvalue weighted by Crippen LogP contribution is 2.32. The number of rotatable bonds is 5. The Morgan fingerprint density at radius 3 is 2.65 bits per heavy atom. The summed E-state index contributed by atoms with van der Waals surface area (Å²) in [5.41, 5.74) is 1.85. The average Bonchev–Trinajstić information content (AvgIpc) is 2.64. The molecule has 2 aromatic rings. The summed E-state index contributed by atoms with van der Waals surface area (Å²) in [7, 11) is 0. The van der Waals surface area contributed by atoms with E-state index < -0.39 is 5.97 Å². The Morgan fingerprint density at radius 1 is 1.12 bits per heavy atom. The number of carbonyl (C=O) groups excluding carboxylic acids is 2. The summed E-state index contributed by atoms with van der Waals surface area (Å²) >= 11 is 11.8. The fourth-order valence-corrected chi connectivity index (χ4v) is 2.82. The molecule has 8 heteroatoms. The Bertz CT molecular complexity index is 823. The minimum absolute atomic E-state index is 0.0153. The monoisotopic (exact) mass is 395 g/mol. The van der Waals surface area contributed by atoms with Gasteiger partial charge in [0, 0.05) is 26.7 Å². The summed E-state index contributed by atoms with van der Waals surface area (Å²) in [6.07, 6.45) is 0. The van der Waals surface area contributed by atoms with E-state index in [1.54, 1.807) is 36.4 Å². The molecule has 0 fully saturated rings. The van der Waals surface area contributed by atoms with Crippen LogP contribution in [0.1, 0.15) is 21.5 Å². The van der Waals surface area contributed by atoms with E-state index in [2.05, 4.69) is 5.32 Å². The summed E-state index contributed by atoms with van der Waals surface area (Å²) in [6.45, 7) is 0.243. The second-order valence-corrected chi connectivity index (χ2v) is 6.39. The average molecular weight is 396 g/mol. The van der Waals surface area contributed by atoms with Gasteiger partial charge in [0.25, 0.3) is 5.91 Å². The largest absolute Gasteiger partial charge is 0.467 e. The first-order valence-corrected chi connectivity index (χ1v) is 8.50. The first-order valence-electron chi connectivity index (χ1n) is 7.74. The molecular formula is C18H15Cl2NO5. The quantitative estimate of drug-likeness (QED) is 0.785.